The molecule has 0 bridgehead atoms. The Labute approximate surface area is 167 Å². The third-order valence-electron chi connectivity index (χ3n) is 6.15. The highest BCUT2D eigenvalue weighted by molar-refractivity contribution is 6.02. The first kappa shape index (κ1) is 19.2. The summed E-state index contributed by atoms with van der Waals surface area (Å²) in [5.41, 5.74) is 2.55. The SMILES string of the molecule is CC1CNCCN1C(=O)c1ccc(NC(=O)C2CC2)cc1N1CCCCCC1. The molecule has 28 heavy (non-hydrogen) atoms. The second-order valence-electron chi connectivity index (χ2n) is 8.45. The van der Waals surface area contributed by atoms with Crippen LogP contribution in [-0.4, -0.2) is 55.5 Å². The van der Waals surface area contributed by atoms with Gasteiger partial charge in [-0.2, -0.15) is 0 Å². The Hall–Kier alpha value is -2.08. The van der Waals surface area contributed by atoms with Crippen molar-refractivity contribution in [2.24, 2.45) is 5.92 Å². The standard InChI is InChI=1S/C22H32N4O2/c1-16-15-23-10-13-26(16)22(28)19-9-8-18(24-21(27)17-6-7-17)14-20(19)25-11-4-2-3-5-12-25/h8-9,14,16-17,23H,2-7,10-13,15H2,1H3,(H,24,27). The summed E-state index contributed by atoms with van der Waals surface area (Å²) in [6.07, 6.45) is 6.76. The highest BCUT2D eigenvalue weighted by Crippen LogP contribution is 2.32. The summed E-state index contributed by atoms with van der Waals surface area (Å²) in [5, 5.41) is 6.41. The maximum atomic E-state index is 13.4. The van der Waals surface area contributed by atoms with E-state index in [0.717, 1.165) is 75.3 Å². The quantitative estimate of drug-likeness (QED) is 0.838. The van der Waals surface area contributed by atoms with Crippen LogP contribution in [0.15, 0.2) is 18.2 Å². The van der Waals surface area contributed by atoms with Crippen molar-refractivity contribution in [3.8, 4) is 0 Å². The Kier molecular flexibility index (Phi) is 5.85. The molecule has 6 heteroatoms. The number of rotatable bonds is 4. The predicted molar refractivity (Wildman–Crippen MR) is 112 cm³/mol. The lowest BCUT2D eigenvalue weighted by molar-refractivity contribution is -0.117. The number of hydrogen-bond donors (Lipinski definition) is 2. The molecule has 2 N–H and O–H groups in total. The van der Waals surface area contributed by atoms with E-state index in [-0.39, 0.29) is 23.8 Å². The average molecular weight is 385 g/mol. The van der Waals surface area contributed by atoms with Gasteiger partial charge in [-0.3, -0.25) is 9.59 Å². The van der Waals surface area contributed by atoms with Crippen molar-refractivity contribution in [1.82, 2.24) is 10.2 Å². The topological polar surface area (TPSA) is 64.7 Å². The molecule has 2 amide bonds. The predicted octanol–water partition coefficient (Wildman–Crippen LogP) is 2.85. The summed E-state index contributed by atoms with van der Waals surface area (Å²) < 4.78 is 0. The number of carbonyl (C=O) groups is 2. The van der Waals surface area contributed by atoms with Crippen LogP contribution in [0.3, 0.4) is 0 Å². The van der Waals surface area contributed by atoms with Crippen molar-refractivity contribution < 1.29 is 9.59 Å². The highest BCUT2D eigenvalue weighted by Gasteiger charge is 2.31. The lowest BCUT2D eigenvalue weighted by Crippen LogP contribution is -2.52. The minimum Gasteiger partial charge on any atom is -0.371 e. The minimum atomic E-state index is 0.105. The summed E-state index contributed by atoms with van der Waals surface area (Å²) in [7, 11) is 0. The van der Waals surface area contributed by atoms with Gasteiger partial charge in [0.15, 0.2) is 0 Å². The Morgan fingerprint density at radius 1 is 1.07 bits per heavy atom. The molecule has 1 aromatic rings. The van der Waals surface area contributed by atoms with Crippen molar-refractivity contribution in [2.45, 2.75) is 51.5 Å². The molecule has 152 valence electrons. The Morgan fingerprint density at radius 3 is 2.50 bits per heavy atom. The van der Waals surface area contributed by atoms with Crippen LogP contribution in [0, 0.1) is 5.92 Å². The Balaban J connectivity index is 1.63. The molecule has 2 heterocycles. The van der Waals surface area contributed by atoms with Crippen LogP contribution < -0.4 is 15.5 Å². The summed E-state index contributed by atoms with van der Waals surface area (Å²) in [6, 6.07) is 6.01. The van der Waals surface area contributed by atoms with Crippen molar-refractivity contribution in [2.75, 3.05) is 42.9 Å². The zero-order chi connectivity index (χ0) is 19.5. The number of anilines is 2. The molecule has 4 rings (SSSR count). The van der Waals surface area contributed by atoms with E-state index in [4.69, 9.17) is 0 Å². The van der Waals surface area contributed by atoms with Crippen LogP contribution in [-0.2, 0) is 4.79 Å². The van der Waals surface area contributed by atoms with Crippen LogP contribution >= 0.6 is 0 Å². The van der Waals surface area contributed by atoms with Crippen LogP contribution in [0.4, 0.5) is 11.4 Å². The van der Waals surface area contributed by atoms with Crippen LogP contribution in [0.25, 0.3) is 0 Å². The zero-order valence-electron chi connectivity index (χ0n) is 16.9. The van der Waals surface area contributed by atoms with Gasteiger partial charge >= 0.3 is 0 Å². The lowest BCUT2D eigenvalue weighted by atomic mass is 10.1. The lowest BCUT2D eigenvalue weighted by Gasteiger charge is -2.35. The molecular weight excluding hydrogens is 352 g/mol. The van der Waals surface area contributed by atoms with Crippen LogP contribution in [0.1, 0.15) is 55.8 Å². The van der Waals surface area contributed by atoms with Crippen molar-refractivity contribution in [3.05, 3.63) is 23.8 Å². The molecule has 1 aliphatic carbocycles. The van der Waals surface area contributed by atoms with Gasteiger partial charge in [0, 0.05) is 50.4 Å². The first-order valence-corrected chi connectivity index (χ1v) is 10.8. The Morgan fingerprint density at radius 2 is 1.82 bits per heavy atom. The fourth-order valence-corrected chi connectivity index (χ4v) is 4.25. The van der Waals surface area contributed by atoms with Gasteiger partial charge < -0.3 is 20.4 Å². The summed E-state index contributed by atoms with van der Waals surface area (Å²) in [6.45, 7) is 6.44. The molecule has 6 nitrogen and oxygen atoms in total. The number of benzene rings is 1. The van der Waals surface area contributed by atoms with Gasteiger partial charge in [0.1, 0.15) is 0 Å². The smallest absolute Gasteiger partial charge is 0.256 e. The van der Waals surface area contributed by atoms with E-state index in [1.807, 2.05) is 23.1 Å². The average Bonchev–Trinajstić information content (AvgIpc) is 3.55. The second-order valence-corrected chi connectivity index (χ2v) is 8.45. The molecule has 1 unspecified atom stereocenters. The van der Waals surface area contributed by atoms with Gasteiger partial charge in [0.2, 0.25) is 5.91 Å². The summed E-state index contributed by atoms with van der Waals surface area (Å²) in [5.74, 6) is 0.384. The van der Waals surface area contributed by atoms with E-state index in [9.17, 15) is 9.59 Å². The number of amides is 2. The minimum absolute atomic E-state index is 0.105. The number of nitrogens with one attached hydrogen (secondary N) is 2. The van der Waals surface area contributed by atoms with Crippen molar-refractivity contribution in [3.63, 3.8) is 0 Å². The summed E-state index contributed by atoms with van der Waals surface area (Å²) in [4.78, 5) is 29.9. The second kappa shape index (κ2) is 8.52. The molecule has 1 saturated carbocycles. The molecule has 3 fully saturated rings. The fourth-order valence-electron chi connectivity index (χ4n) is 4.25. The van der Waals surface area contributed by atoms with Gasteiger partial charge in [-0.25, -0.2) is 0 Å². The van der Waals surface area contributed by atoms with Crippen LogP contribution in [0.2, 0.25) is 0 Å². The number of hydrogen-bond acceptors (Lipinski definition) is 4. The van der Waals surface area contributed by atoms with Gasteiger partial charge in [-0.15, -0.1) is 0 Å². The summed E-state index contributed by atoms with van der Waals surface area (Å²) >= 11 is 0. The third-order valence-corrected chi connectivity index (χ3v) is 6.15. The molecule has 2 saturated heterocycles. The van der Waals surface area contributed by atoms with E-state index < -0.39 is 0 Å². The van der Waals surface area contributed by atoms with Crippen molar-refractivity contribution >= 4 is 23.2 Å². The monoisotopic (exact) mass is 384 g/mol. The third kappa shape index (κ3) is 4.32. The fraction of sp³-hybridized carbons (Fsp3) is 0.636. The number of carbonyl (C=O) groups excluding carboxylic acids is 2. The molecule has 1 atom stereocenters. The van der Waals surface area contributed by atoms with E-state index in [1.165, 1.54) is 12.8 Å². The van der Waals surface area contributed by atoms with Gasteiger partial charge in [0.25, 0.3) is 5.91 Å². The Bertz CT molecular complexity index is 723. The first-order valence-electron chi connectivity index (χ1n) is 10.8. The van der Waals surface area contributed by atoms with Gasteiger partial charge in [-0.1, -0.05) is 12.8 Å². The van der Waals surface area contributed by atoms with E-state index in [1.54, 1.807) is 0 Å². The molecule has 2 aliphatic heterocycles. The van der Waals surface area contributed by atoms with Gasteiger partial charge in [-0.05, 0) is 50.8 Å². The first-order chi connectivity index (χ1) is 13.6. The number of piperazine rings is 1. The zero-order valence-corrected chi connectivity index (χ0v) is 16.9. The maximum Gasteiger partial charge on any atom is 0.256 e. The number of nitrogens with zero attached hydrogens (tertiary/aromatic N) is 2. The van der Waals surface area contributed by atoms with E-state index >= 15 is 0 Å². The van der Waals surface area contributed by atoms with Crippen LogP contribution in [0.5, 0.6) is 0 Å². The molecule has 0 aromatic heterocycles. The highest BCUT2D eigenvalue weighted by atomic mass is 16.2. The normalized spacial score (nSPS) is 23.2. The van der Waals surface area contributed by atoms with Crippen molar-refractivity contribution in [1.29, 1.82) is 0 Å². The molecule has 0 spiro atoms. The van der Waals surface area contributed by atoms with E-state index in [0.29, 0.717) is 0 Å². The molecule has 1 aromatic carbocycles. The molecule has 3 aliphatic rings. The van der Waals surface area contributed by atoms with E-state index in [2.05, 4.69) is 22.5 Å². The molecular formula is C22H32N4O2. The largest absolute Gasteiger partial charge is 0.371 e. The maximum absolute atomic E-state index is 13.4. The van der Waals surface area contributed by atoms with Gasteiger partial charge in [0.05, 0.1) is 11.3 Å². The molecule has 0 radical (unpaired) electrons.